The predicted octanol–water partition coefficient (Wildman–Crippen LogP) is 3.84. The number of aromatic nitrogens is 1. The van der Waals surface area contributed by atoms with Crippen LogP contribution in [-0.2, 0) is 6.54 Å². The maximum Gasteiger partial charge on any atom is 0.191 e. The standard InChI is InChI=1S/C15H25ClN4.HI/c1-4-12(5-2)9-19-15(17-6-3)20-11-13-7-8-14(16)18-10-13;/h7-8,10,12H,4-6,9,11H2,1-3H3,(H2,17,19,20);1H. The Bertz CT molecular complexity index is 405. The van der Waals surface area contributed by atoms with Crippen molar-refractivity contribution in [2.24, 2.45) is 10.9 Å². The normalized spacial score (nSPS) is 11.2. The molecule has 0 fully saturated rings. The van der Waals surface area contributed by atoms with Crippen LogP contribution in [0.4, 0.5) is 0 Å². The lowest BCUT2D eigenvalue weighted by atomic mass is 10.0. The van der Waals surface area contributed by atoms with Crippen molar-refractivity contribution in [3.8, 4) is 0 Å². The van der Waals surface area contributed by atoms with E-state index in [0.717, 1.165) is 24.6 Å². The van der Waals surface area contributed by atoms with E-state index in [1.807, 2.05) is 6.07 Å². The number of hydrogen-bond acceptors (Lipinski definition) is 2. The molecule has 0 spiro atoms. The summed E-state index contributed by atoms with van der Waals surface area (Å²) in [5.41, 5.74) is 1.05. The fraction of sp³-hybridized carbons (Fsp3) is 0.600. The molecular formula is C15H26ClIN4. The minimum atomic E-state index is 0. The zero-order valence-electron chi connectivity index (χ0n) is 13.0. The van der Waals surface area contributed by atoms with Crippen molar-refractivity contribution in [2.75, 3.05) is 13.1 Å². The smallest absolute Gasteiger partial charge is 0.191 e. The summed E-state index contributed by atoms with van der Waals surface area (Å²) in [6, 6.07) is 3.74. The lowest BCUT2D eigenvalue weighted by Gasteiger charge is -2.16. The van der Waals surface area contributed by atoms with Crippen LogP contribution in [0.1, 0.15) is 39.2 Å². The summed E-state index contributed by atoms with van der Waals surface area (Å²) in [6.07, 6.45) is 4.13. The van der Waals surface area contributed by atoms with E-state index in [2.05, 4.69) is 41.4 Å². The van der Waals surface area contributed by atoms with Gasteiger partial charge in [-0.05, 0) is 24.5 Å². The highest BCUT2D eigenvalue weighted by atomic mass is 127. The monoisotopic (exact) mass is 424 g/mol. The Morgan fingerprint density at radius 3 is 2.48 bits per heavy atom. The molecule has 0 saturated heterocycles. The second-order valence-corrected chi connectivity index (χ2v) is 5.14. The SMILES string of the molecule is CCNC(=NCc1ccc(Cl)nc1)NCC(CC)CC.I. The van der Waals surface area contributed by atoms with Gasteiger partial charge in [-0.2, -0.15) is 0 Å². The van der Waals surface area contributed by atoms with E-state index in [0.29, 0.717) is 17.6 Å². The molecule has 0 aliphatic heterocycles. The van der Waals surface area contributed by atoms with Crippen LogP contribution in [0.15, 0.2) is 23.3 Å². The van der Waals surface area contributed by atoms with Gasteiger partial charge >= 0.3 is 0 Å². The topological polar surface area (TPSA) is 49.3 Å². The average molecular weight is 425 g/mol. The third-order valence-electron chi connectivity index (χ3n) is 3.27. The highest BCUT2D eigenvalue weighted by Crippen LogP contribution is 2.07. The number of aliphatic imine (C=N–C) groups is 1. The molecule has 2 N–H and O–H groups in total. The Labute approximate surface area is 150 Å². The maximum absolute atomic E-state index is 5.77. The third kappa shape index (κ3) is 8.46. The summed E-state index contributed by atoms with van der Waals surface area (Å²) < 4.78 is 0. The predicted molar refractivity (Wildman–Crippen MR) is 102 cm³/mol. The first-order chi connectivity index (χ1) is 9.69. The molecule has 0 aromatic carbocycles. The van der Waals surface area contributed by atoms with Gasteiger partial charge in [0.15, 0.2) is 5.96 Å². The fourth-order valence-electron chi connectivity index (χ4n) is 1.83. The Morgan fingerprint density at radius 1 is 1.24 bits per heavy atom. The van der Waals surface area contributed by atoms with E-state index in [-0.39, 0.29) is 24.0 Å². The molecule has 0 unspecified atom stereocenters. The molecule has 0 bridgehead atoms. The number of rotatable bonds is 7. The van der Waals surface area contributed by atoms with E-state index in [9.17, 15) is 0 Å². The Balaban J connectivity index is 0.00000400. The molecule has 1 aromatic rings. The molecule has 1 heterocycles. The van der Waals surface area contributed by atoms with Crippen molar-refractivity contribution in [3.63, 3.8) is 0 Å². The van der Waals surface area contributed by atoms with Crippen LogP contribution in [0.3, 0.4) is 0 Å². The molecule has 0 saturated carbocycles. The van der Waals surface area contributed by atoms with Crippen LogP contribution in [0, 0.1) is 5.92 Å². The Hall–Kier alpha value is -0.560. The summed E-state index contributed by atoms with van der Waals surface area (Å²) >= 11 is 5.77. The van der Waals surface area contributed by atoms with Crippen LogP contribution in [0.2, 0.25) is 5.15 Å². The first-order valence-electron chi connectivity index (χ1n) is 7.32. The van der Waals surface area contributed by atoms with Gasteiger partial charge in [0.2, 0.25) is 0 Å². The van der Waals surface area contributed by atoms with Gasteiger partial charge in [-0.1, -0.05) is 44.4 Å². The molecule has 120 valence electrons. The van der Waals surface area contributed by atoms with Crippen molar-refractivity contribution in [1.29, 1.82) is 0 Å². The van der Waals surface area contributed by atoms with Crippen LogP contribution in [0.5, 0.6) is 0 Å². The van der Waals surface area contributed by atoms with Gasteiger partial charge < -0.3 is 10.6 Å². The second kappa shape index (κ2) is 12.0. The summed E-state index contributed by atoms with van der Waals surface area (Å²) in [5.74, 6) is 1.55. The second-order valence-electron chi connectivity index (χ2n) is 4.75. The number of guanidine groups is 1. The van der Waals surface area contributed by atoms with Crippen molar-refractivity contribution in [3.05, 3.63) is 29.0 Å². The largest absolute Gasteiger partial charge is 0.357 e. The first-order valence-corrected chi connectivity index (χ1v) is 7.69. The highest BCUT2D eigenvalue weighted by molar-refractivity contribution is 14.0. The van der Waals surface area contributed by atoms with Crippen molar-refractivity contribution < 1.29 is 0 Å². The first kappa shape index (κ1) is 20.4. The van der Waals surface area contributed by atoms with Gasteiger partial charge in [0.1, 0.15) is 5.15 Å². The summed E-state index contributed by atoms with van der Waals surface area (Å²) in [6.45, 7) is 8.92. The van der Waals surface area contributed by atoms with Gasteiger partial charge in [-0.25, -0.2) is 9.98 Å². The van der Waals surface area contributed by atoms with Gasteiger partial charge in [0, 0.05) is 19.3 Å². The molecule has 21 heavy (non-hydrogen) atoms. The van der Waals surface area contributed by atoms with Crippen molar-refractivity contribution >= 4 is 41.5 Å². The van der Waals surface area contributed by atoms with E-state index < -0.39 is 0 Å². The van der Waals surface area contributed by atoms with E-state index in [1.54, 1.807) is 12.3 Å². The van der Waals surface area contributed by atoms with Gasteiger partial charge in [0.05, 0.1) is 6.54 Å². The van der Waals surface area contributed by atoms with Gasteiger partial charge in [-0.15, -0.1) is 24.0 Å². The highest BCUT2D eigenvalue weighted by Gasteiger charge is 2.04. The lowest BCUT2D eigenvalue weighted by molar-refractivity contribution is 0.481. The van der Waals surface area contributed by atoms with Crippen molar-refractivity contribution in [1.82, 2.24) is 15.6 Å². The van der Waals surface area contributed by atoms with E-state index >= 15 is 0 Å². The molecule has 0 amide bonds. The van der Waals surface area contributed by atoms with E-state index in [1.165, 1.54) is 12.8 Å². The molecule has 1 rings (SSSR count). The number of halogens is 2. The van der Waals surface area contributed by atoms with Crippen LogP contribution < -0.4 is 10.6 Å². The average Bonchev–Trinajstić information content (AvgIpc) is 2.47. The number of pyridine rings is 1. The summed E-state index contributed by atoms with van der Waals surface area (Å²) in [5, 5.41) is 7.17. The lowest BCUT2D eigenvalue weighted by Crippen LogP contribution is -2.39. The van der Waals surface area contributed by atoms with Crippen LogP contribution >= 0.6 is 35.6 Å². The molecule has 1 aromatic heterocycles. The quantitative estimate of drug-likeness (QED) is 0.302. The molecule has 0 radical (unpaired) electrons. The van der Waals surface area contributed by atoms with Gasteiger partial charge in [-0.3, -0.25) is 0 Å². The third-order valence-corrected chi connectivity index (χ3v) is 3.49. The molecular weight excluding hydrogens is 399 g/mol. The summed E-state index contributed by atoms with van der Waals surface area (Å²) in [7, 11) is 0. The minimum absolute atomic E-state index is 0. The van der Waals surface area contributed by atoms with Gasteiger partial charge in [0.25, 0.3) is 0 Å². The zero-order chi connectivity index (χ0) is 14.8. The Kier molecular flexibility index (Phi) is 11.7. The molecule has 6 heteroatoms. The Morgan fingerprint density at radius 2 is 1.95 bits per heavy atom. The van der Waals surface area contributed by atoms with Crippen LogP contribution in [0.25, 0.3) is 0 Å². The number of nitrogens with zero attached hydrogens (tertiary/aromatic N) is 2. The summed E-state index contributed by atoms with van der Waals surface area (Å²) in [4.78, 5) is 8.62. The molecule has 4 nitrogen and oxygen atoms in total. The minimum Gasteiger partial charge on any atom is -0.357 e. The van der Waals surface area contributed by atoms with Crippen LogP contribution in [-0.4, -0.2) is 24.0 Å². The zero-order valence-corrected chi connectivity index (χ0v) is 16.1. The van der Waals surface area contributed by atoms with Crippen molar-refractivity contribution in [2.45, 2.75) is 40.2 Å². The number of nitrogens with one attached hydrogen (secondary N) is 2. The number of hydrogen-bond donors (Lipinski definition) is 2. The fourth-order valence-corrected chi connectivity index (χ4v) is 1.94. The maximum atomic E-state index is 5.77. The molecule has 0 aliphatic carbocycles. The molecule has 0 aliphatic rings. The molecule has 0 atom stereocenters. The van der Waals surface area contributed by atoms with E-state index in [4.69, 9.17) is 11.6 Å².